The van der Waals surface area contributed by atoms with Crippen LogP contribution in [0.2, 0.25) is 0 Å². The highest BCUT2D eigenvalue weighted by Gasteiger charge is 2.14. The van der Waals surface area contributed by atoms with Gasteiger partial charge < -0.3 is 9.51 Å². The first-order valence-corrected chi connectivity index (χ1v) is 5.29. The largest absolute Gasteiger partial charge is 0.367 e. The van der Waals surface area contributed by atoms with Gasteiger partial charge in [0.05, 0.1) is 6.20 Å². The second kappa shape index (κ2) is 4.10. The third-order valence-electron chi connectivity index (χ3n) is 2.66. The Morgan fingerprint density at radius 3 is 2.67 bits per heavy atom. The topological polar surface area (TPSA) is 41.8 Å². The SMILES string of the molecule is Fc1ccc(-c2cnoc2-c2cc[nH]c2)cc1F. The Hall–Kier alpha value is -2.43. The molecule has 0 aliphatic heterocycles. The summed E-state index contributed by atoms with van der Waals surface area (Å²) in [4.78, 5) is 2.90. The van der Waals surface area contributed by atoms with E-state index in [1.54, 1.807) is 12.4 Å². The first kappa shape index (κ1) is 10.7. The summed E-state index contributed by atoms with van der Waals surface area (Å²) in [7, 11) is 0. The van der Waals surface area contributed by atoms with E-state index in [9.17, 15) is 8.78 Å². The minimum Gasteiger partial charge on any atom is -0.367 e. The van der Waals surface area contributed by atoms with Crippen molar-refractivity contribution in [2.24, 2.45) is 0 Å². The molecule has 0 radical (unpaired) electrons. The number of rotatable bonds is 2. The average Bonchev–Trinajstić information content (AvgIpc) is 3.00. The van der Waals surface area contributed by atoms with Crippen LogP contribution in [0.4, 0.5) is 8.78 Å². The van der Waals surface area contributed by atoms with Gasteiger partial charge in [0.25, 0.3) is 0 Å². The number of H-pyrrole nitrogens is 1. The zero-order valence-electron chi connectivity index (χ0n) is 9.15. The molecule has 1 aromatic carbocycles. The number of halogens is 2. The summed E-state index contributed by atoms with van der Waals surface area (Å²) in [6, 6.07) is 5.50. The highest BCUT2D eigenvalue weighted by molar-refractivity contribution is 5.78. The van der Waals surface area contributed by atoms with Gasteiger partial charge in [0.2, 0.25) is 0 Å². The van der Waals surface area contributed by atoms with E-state index in [1.165, 1.54) is 12.3 Å². The highest BCUT2D eigenvalue weighted by atomic mass is 19.2. The maximum Gasteiger partial charge on any atom is 0.176 e. The molecule has 0 atom stereocenters. The Bertz CT molecular complexity index is 674. The van der Waals surface area contributed by atoms with Crippen molar-refractivity contribution >= 4 is 0 Å². The Labute approximate surface area is 101 Å². The fraction of sp³-hybridized carbons (Fsp3) is 0. The molecule has 0 unspecified atom stereocenters. The van der Waals surface area contributed by atoms with Crippen molar-refractivity contribution in [2.75, 3.05) is 0 Å². The number of nitrogens with one attached hydrogen (secondary N) is 1. The van der Waals surface area contributed by atoms with Crippen LogP contribution in [0, 0.1) is 11.6 Å². The lowest BCUT2D eigenvalue weighted by atomic mass is 10.0. The fourth-order valence-electron chi connectivity index (χ4n) is 1.78. The minimum absolute atomic E-state index is 0.516. The van der Waals surface area contributed by atoms with Crippen LogP contribution in [0.3, 0.4) is 0 Å². The molecule has 2 aromatic heterocycles. The second-order valence-corrected chi connectivity index (χ2v) is 3.80. The maximum absolute atomic E-state index is 13.2. The molecule has 0 bridgehead atoms. The fourth-order valence-corrected chi connectivity index (χ4v) is 1.78. The van der Waals surface area contributed by atoms with E-state index in [0.29, 0.717) is 16.9 Å². The molecule has 2 heterocycles. The standard InChI is InChI=1S/C13H8F2N2O/c14-11-2-1-8(5-12(11)15)10-7-17-18-13(10)9-3-4-16-6-9/h1-7,16H. The van der Waals surface area contributed by atoms with Crippen molar-refractivity contribution in [2.45, 2.75) is 0 Å². The first-order valence-electron chi connectivity index (χ1n) is 5.29. The second-order valence-electron chi connectivity index (χ2n) is 3.80. The summed E-state index contributed by atoms with van der Waals surface area (Å²) in [5.41, 5.74) is 1.94. The van der Waals surface area contributed by atoms with Gasteiger partial charge in [0.15, 0.2) is 17.4 Å². The van der Waals surface area contributed by atoms with Gasteiger partial charge in [-0.25, -0.2) is 8.78 Å². The maximum atomic E-state index is 13.2. The zero-order chi connectivity index (χ0) is 12.5. The molecule has 0 aliphatic carbocycles. The third-order valence-corrected chi connectivity index (χ3v) is 2.66. The lowest BCUT2D eigenvalue weighted by Crippen LogP contribution is -1.85. The summed E-state index contributed by atoms with van der Waals surface area (Å²) in [5, 5.41) is 3.70. The Kier molecular flexibility index (Phi) is 2.44. The summed E-state index contributed by atoms with van der Waals surface area (Å²) >= 11 is 0. The molecule has 90 valence electrons. The van der Waals surface area contributed by atoms with Crippen molar-refractivity contribution in [3.05, 3.63) is 54.5 Å². The van der Waals surface area contributed by atoms with Crippen LogP contribution in [-0.4, -0.2) is 10.1 Å². The molecule has 18 heavy (non-hydrogen) atoms. The summed E-state index contributed by atoms with van der Waals surface area (Å²) in [6.07, 6.45) is 4.96. The zero-order valence-corrected chi connectivity index (χ0v) is 9.15. The number of aromatic nitrogens is 2. The van der Waals surface area contributed by atoms with E-state index in [1.807, 2.05) is 6.07 Å². The van der Waals surface area contributed by atoms with Gasteiger partial charge in [-0.2, -0.15) is 0 Å². The minimum atomic E-state index is -0.895. The van der Waals surface area contributed by atoms with Gasteiger partial charge in [-0.3, -0.25) is 0 Å². The van der Waals surface area contributed by atoms with Crippen LogP contribution in [0.1, 0.15) is 0 Å². The molecule has 3 rings (SSSR count). The molecule has 3 nitrogen and oxygen atoms in total. The van der Waals surface area contributed by atoms with E-state index in [-0.39, 0.29) is 0 Å². The quantitative estimate of drug-likeness (QED) is 0.750. The van der Waals surface area contributed by atoms with Crippen molar-refractivity contribution in [3.63, 3.8) is 0 Å². The first-order chi connectivity index (χ1) is 8.75. The van der Waals surface area contributed by atoms with Crippen LogP contribution in [-0.2, 0) is 0 Å². The highest BCUT2D eigenvalue weighted by Crippen LogP contribution is 2.32. The number of aromatic amines is 1. The van der Waals surface area contributed by atoms with Gasteiger partial charge in [-0.15, -0.1) is 0 Å². The average molecular weight is 246 g/mol. The molecule has 0 saturated carbocycles. The number of hydrogen-bond donors (Lipinski definition) is 1. The van der Waals surface area contributed by atoms with E-state index in [4.69, 9.17) is 4.52 Å². The van der Waals surface area contributed by atoms with E-state index >= 15 is 0 Å². The monoisotopic (exact) mass is 246 g/mol. The Morgan fingerprint density at radius 1 is 1.06 bits per heavy atom. The van der Waals surface area contributed by atoms with Crippen molar-refractivity contribution in [3.8, 4) is 22.5 Å². The molecule has 1 N–H and O–H groups in total. The van der Waals surface area contributed by atoms with Crippen LogP contribution in [0.5, 0.6) is 0 Å². The Balaban J connectivity index is 2.13. The molecule has 3 aromatic rings. The number of nitrogens with zero attached hydrogens (tertiary/aromatic N) is 1. The van der Waals surface area contributed by atoms with Gasteiger partial charge >= 0.3 is 0 Å². The van der Waals surface area contributed by atoms with Gasteiger partial charge in [0, 0.05) is 23.5 Å². The van der Waals surface area contributed by atoms with Crippen LogP contribution in [0.15, 0.2) is 47.4 Å². The smallest absolute Gasteiger partial charge is 0.176 e. The number of benzene rings is 1. The van der Waals surface area contributed by atoms with Crippen LogP contribution in [0.25, 0.3) is 22.5 Å². The van der Waals surface area contributed by atoms with Crippen molar-refractivity contribution in [1.29, 1.82) is 0 Å². The van der Waals surface area contributed by atoms with Crippen LogP contribution < -0.4 is 0 Å². The Morgan fingerprint density at radius 2 is 1.94 bits per heavy atom. The van der Waals surface area contributed by atoms with Gasteiger partial charge in [0.1, 0.15) is 0 Å². The van der Waals surface area contributed by atoms with E-state index in [2.05, 4.69) is 10.1 Å². The molecule has 5 heteroatoms. The van der Waals surface area contributed by atoms with Gasteiger partial charge in [-0.1, -0.05) is 11.2 Å². The summed E-state index contributed by atoms with van der Waals surface area (Å²) < 4.78 is 31.3. The molecular formula is C13H8F2N2O. The van der Waals surface area contributed by atoms with Crippen molar-refractivity contribution < 1.29 is 13.3 Å². The predicted octanol–water partition coefficient (Wildman–Crippen LogP) is 3.61. The lowest BCUT2D eigenvalue weighted by Gasteiger charge is -2.00. The molecule has 0 amide bonds. The number of hydrogen-bond acceptors (Lipinski definition) is 2. The van der Waals surface area contributed by atoms with Crippen LogP contribution >= 0.6 is 0 Å². The summed E-state index contributed by atoms with van der Waals surface area (Å²) in [5.74, 6) is -1.26. The van der Waals surface area contributed by atoms with Crippen molar-refractivity contribution in [1.82, 2.24) is 10.1 Å². The third kappa shape index (κ3) is 1.69. The molecule has 0 saturated heterocycles. The predicted molar refractivity (Wildman–Crippen MR) is 61.6 cm³/mol. The van der Waals surface area contributed by atoms with E-state index < -0.39 is 11.6 Å². The molecule has 0 fully saturated rings. The normalized spacial score (nSPS) is 10.8. The molecule has 0 aliphatic rings. The van der Waals surface area contributed by atoms with E-state index in [0.717, 1.165) is 17.7 Å². The lowest BCUT2D eigenvalue weighted by molar-refractivity contribution is 0.432. The molecular weight excluding hydrogens is 238 g/mol. The van der Waals surface area contributed by atoms with Gasteiger partial charge in [-0.05, 0) is 23.8 Å². The summed E-state index contributed by atoms with van der Waals surface area (Å²) in [6.45, 7) is 0. The molecule has 0 spiro atoms.